The van der Waals surface area contributed by atoms with E-state index in [0.29, 0.717) is 0 Å². The van der Waals surface area contributed by atoms with E-state index in [1.807, 2.05) is 4.72 Å². The standard InChI is InChI=1S/C10H11NO5S/c1-7(12)8-4-2-3-5-9(8)17(15,16)11-6-10(13)14/h2-5,11H,6H2,1H3,(H,13,14)/p-1. The number of hydrogen-bond donors (Lipinski definition) is 1. The third-order valence-electron chi connectivity index (χ3n) is 1.96. The quantitative estimate of drug-likeness (QED) is 0.675. The molecule has 0 bridgehead atoms. The van der Waals surface area contributed by atoms with Gasteiger partial charge in [-0.2, -0.15) is 0 Å². The monoisotopic (exact) mass is 256 g/mol. The van der Waals surface area contributed by atoms with Crippen molar-refractivity contribution in [3.8, 4) is 0 Å². The number of rotatable bonds is 5. The molecule has 0 spiro atoms. The van der Waals surface area contributed by atoms with Crippen molar-refractivity contribution in [1.29, 1.82) is 0 Å². The fourth-order valence-electron chi connectivity index (χ4n) is 1.22. The van der Waals surface area contributed by atoms with Crippen LogP contribution in [0.25, 0.3) is 0 Å². The molecule has 0 saturated carbocycles. The maximum absolute atomic E-state index is 11.7. The molecule has 0 aliphatic rings. The van der Waals surface area contributed by atoms with E-state index in [-0.39, 0.29) is 10.5 Å². The summed E-state index contributed by atoms with van der Waals surface area (Å²) in [4.78, 5) is 21.2. The molecule has 0 heterocycles. The predicted octanol–water partition coefficient (Wildman–Crippen LogP) is -1.08. The number of aliphatic carboxylic acids is 1. The summed E-state index contributed by atoms with van der Waals surface area (Å²) in [6, 6.07) is 5.55. The van der Waals surface area contributed by atoms with Crippen molar-refractivity contribution >= 4 is 21.8 Å². The molecule has 0 amide bonds. The molecular formula is C10H10NO5S-. The number of nitrogens with one attached hydrogen (secondary N) is 1. The maximum Gasteiger partial charge on any atom is 0.241 e. The summed E-state index contributed by atoms with van der Waals surface area (Å²) >= 11 is 0. The summed E-state index contributed by atoms with van der Waals surface area (Å²) in [5.74, 6) is -1.96. The van der Waals surface area contributed by atoms with Gasteiger partial charge in [-0.05, 0) is 13.0 Å². The van der Waals surface area contributed by atoms with Crippen molar-refractivity contribution < 1.29 is 23.1 Å². The Labute approximate surface area is 98.3 Å². The molecule has 0 aliphatic carbocycles. The first-order chi connectivity index (χ1) is 7.84. The van der Waals surface area contributed by atoms with Crippen molar-refractivity contribution in [3.05, 3.63) is 29.8 Å². The van der Waals surface area contributed by atoms with Crippen LogP contribution >= 0.6 is 0 Å². The van der Waals surface area contributed by atoms with E-state index in [0.717, 1.165) is 0 Å². The largest absolute Gasteiger partial charge is 0.549 e. The van der Waals surface area contributed by atoms with Crippen molar-refractivity contribution in [3.63, 3.8) is 0 Å². The fraction of sp³-hybridized carbons (Fsp3) is 0.200. The first-order valence-electron chi connectivity index (χ1n) is 4.64. The lowest BCUT2D eigenvalue weighted by Gasteiger charge is -2.09. The second kappa shape index (κ2) is 5.07. The van der Waals surface area contributed by atoms with Crippen molar-refractivity contribution in [2.45, 2.75) is 11.8 Å². The van der Waals surface area contributed by atoms with Crippen molar-refractivity contribution in [2.75, 3.05) is 6.54 Å². The number of carbonyl (C=O) groups is 2. The van der Waals surface area contributed by atoms with Gasteiger partial charge in [0.15, 0.2) is 5.78 Å². The fourth-order valence-corrected chi connectivity index (χ4v) is 2.45. The van der Waals surface area contributed by atoms with Crippen LogP contribution in [0.15, 0.2) is 29.2 Å². The Bertz CT molecular complexity index is 550. The molecule has 6 nitrogen and oxygen atoms in total. The van der Waals surface area contributed by atoms with Gasteiger partial charge in [0.2, 0.25) is 10.0 Å². The SMILES string of the molecule is CC(=O)c1ccccc1S(=O)(=O)NCC(=O)[O-]. The highest BCUT2D eigenvalue weighted by Gasteiger charge is 2.19. The van der Waals surface area contributed by atoms with E-state index >= 15 is 0 Å². The predicted molar refractivity (Wildman–Crippen MR) is 56.6 cm³/mol. The van der Waals surface area contributed by atoms with E-state index in [1.54, 1.807) is 0 Å². The first-order valence-corrected chi connectivity index (χ1v) is 6.12. The highest BCUT2D eigenvalue weighted by atomic mass is 32.2. The average molecular weight is 256 g/mol. The van der Waals surface area contributed by atoms with Gasteiger partial charge in [0.05, 0.1) is 17.4 Å². The molecule has 0 atom stereocenters. The van der Waals surface area contributed by atoms with Gasteiger partial charge in [0.1, 0.15) is 0 Å². The number of benzene rings is 1. The third kappa shape index (κ3) is 3.36. The Balaban J connectivity index is 3.15. The van der Waals surface area contributed by atoms with Crippen LogP contribution in [0.3, 0.4) is 0 Å². The summed E-state index contributed by atoms with van der Waals surface area (Å²) in [6.45, 7) is 0.391. The van der Waals surface area contributed by atoms with Gasteiger partial charge in [-0.1, -0.05) is 18.2 Å². The second-order valence-electron chi connectivity index (χ2n) is 3.25. The molecule has 0 radical (unpaired) electrons. The zero-order chi connectivity index (χ0) is 13.1. The molecule has 0 saturated heterocycles. The highest BCUT2D eigenvalue weighted by molar-refractivity contribution is 7.89. The lowest BCUT2D eigenvalue weighted by Crippen LogP contribution is -2.38. The summed E-state index contributed by atoms with van der Waals surface area (Å²) < 4.78 is 25.2. The maximum atomic E-state index is 11.7. The number of carboxylic acids is 1. The molecule has 0 aromatic heterocycles. The van der Waals surface area contributed by atoms with Crippen LogP contribution < -0.4 is 9.83 Å². The van der Waals surface area contributed by atoms with E-state index < -0.39 is 28.3 Å². The Morgan fingerprint density at radius 1 is 1.29 bits per heavy atom. The molecular weight excluding hydrogens is 246 g/mol. The minimum absolute atomic E-state index is 0.0124. The molecule has 7 heteroatoms. The molecule has 1 aromatic rings. The minimum atomic E-state index is -4.02. The van der Waals surface area contributed by atoms with Crippen LogP contribution in [-0.4, -0.2) is 26.7 Å². The Morgan fingerprint density at radius 2 is 1.88 bits per heavy atom. The molecule has 1 aromatic carbocycles. The van der Waals surface area contributed by atoms with Crippen molar-refractivity contribution in [1.82, 2.24) is 4.72 Å². The summed E-state index contributed by atoms with van der Waals surface area (Å²) in [7, 11) is -4.02. The normalized spacial score (nSPS) is 11.1. The molecule has 1 N–H and O–H groups in total. The zero-order valence-corrected chi connectivity index (χ0v) is 9.78. The van der Waals surface area contributed by atoms with Gasteiger partial charge in [0.25, 0.3) is 0 Å². The number of Topliss-reactive ketones (excluding diaryl/α,β-unsaturated/α-hetero) is 1. The van der Waals surface area contributed by atoms with Crippen LogP contribution in [0.1, 0.15) is 17.3 Å². The smallest absolute Gasteiger partial charge is 0.241 e. The number of hydrogen-bond acceptors (Lipinski definition) is 5. The minimum Gasteiger partial charge on any atom is -0.549 e. The summed E-state index contributed by atoms with van der Waals surface area (Å²) in [6.07, 6.45) is 0. The van der Waals surface area contributed by atoms with Gasteiger partial charge in [-0.15, -0.1) is 0 Å². The van der Waals surface area contributed by atoms with Crippen LogP contribution in [-0.2, 0) is 14.8 Å². The first kappa shape index (κ1) is 13.3. The summed E-state index contributed by atoms with van der Waals surface area (Å²) in [5.41, 5.74) is 0.0124. The Kier molecular flexibility index (Phi) is 3.97. The van der Waals surface area contributed by atoms with E-state index in [9.17, 15) is 23.1 Å². The van der Waals surface area contributed by atoms with Gasteiger partial charge in [0, 0.05) is 5.56 Å². The number of carboxylic acid groups (broad SMARTS) is 1. The second-order valence-corrected chi connectivity index (χ2v) is 4.98. The van der Waals surface area contributed by atoms with Gasteiger partial charge in [-0.3, -0.25) is 4.79 Å². The molecule has 0 fully saturated rings. The van der Waals surface area contributed by atoms with Gasteiger partial charge >= 0.3 is 0 Å². The topological polar surface area (TPSA) is 103 Å². The molecule has 1 rings (SSSR count). The number of sulfonamides is 1. The Morgan fingerprint density at radius 3 is 2.41 bits per heavy atom. The Hall–Kier alpha value is -1.73. The van der Waals surface area contributed by atoms with Crippen LogP contribution in [0, 0.1) is 0 Å². The average Bonchev–Trinajstić information content (AvgIpc) is 2.26. The van der Waals surface area contributed by atoms with Crippen LogP contribution in [0.4, 0.5) is 0 Å². The number of ketones is 1. The lowest BCUT2D eigenvalue weighted by atomic mass is 10.1. The van der Waals surface area contributed by atoms with Crippen LogP contribution in [0.2, 0.25) is 0 Å². The highest BCUT2D eigenvalue weighted by Crippen LogP contribution is 2.15. The molecule has 0 unspecified atom stereocenters. The van der Waals surface area contributed by atoms with Gasteiger partial charge < -0.3 is 9.90 Å². The lowest BCUT2D eigenvalue weighted by molar-refractivity contribution is -0.303. The molecule has 0 aliphatic heterocycles. The third-order valence-corrected chi connectivity index (χ3v) is 3.42. The zero-order valence-electron chi connectivity index (χ0n) is 8.97. The molecule has 92 valence electrons. The number of carbonyl (C=O) groups excluding carboxylic acids is 2. The van der Waals surface area contributed by atoms with E-state index in [2.05, 4.69) is 0 Å². The molecule has 17 heavy (non-hydrogen) atoms. The summed E-state index contributed by atoms with van der Waals surface area (Å²) in [5, 5.41) is 10.2. The van der Waals surface area contributed by atoms with E-state index in [1.165, 1.54) is 31.2 Å². The van der Waals surface area contributed by atoms with Crippen LogP contribution in [0.5, 0.6) is 0 Å². The van der Waals surface area contributed by atoms with Gasteiger partial charge in [-0.25, -0.2) is 13.1 Å². The van der Waals surface area contributed by atoms with E-state index in [4.69, 9.17) is 0 Å². The van der Waals surface area contributed by atoms with Crippen molar-refractivity contribution in [2.24, 2.45) is 0 Å².